The zero-order valence-corrected chi connectivity index (χ0v) is 11.1. The van der Waals surface area contributed by atoms with Crippen molar-refractivity contribution in [3.8, 4) is 0 Å². The Morgan fingerprint density at radius 3 is 3.11 bits per heavy atom. The number of rotatable bonds is 2. The molecule has 1 aromatic heterocycles. The van der Waals surface area contributed by atoms with Crippen LogP contribution in [-0.2, 0) is 0 Å². The van der Waals surface area contributed by atoms with Crippen molar-refractivity contribution in [1.82, 2.24) is 9.88 Å². The van der Waals surface area contributed by atoms with Crippen LogP contribution in [0.4, 0.5) is 10.2 Å². The summed E-state index contributed by atoms with van der Waals surface area (Å²) in [6, 6.07) is 1.25. The quantitative estimate of drug-likeness (QED) is 0.890. The second-order valence-corrected chi connectivity index (χ2v) is 5.28. The Morgan fingerprint density at radius 2 is 2.33 bits per heavy atom. The van der Waals surface area contributed by atoms with Crippen LogP contribution >= 0.6 is 11.8 Å². The minimum Gasteiger partial charge on any atom is -0.372 e. The number of aromatic nitrogens is 1. The zero-order chi connectivity index (χ0) is 13.0. The molecule has 1 aliphatic rings. The first-order valence-electron chi connectivity index (χ1n) is 5.92. The van der Waals surface area contributed by atoms with Gasteiger partial charge in [0.1, 0.15) is 11.6 Å². The van der Waals surface area contributed by atoms with Crippen LogP contribution in [0.15, 0.2) is 12.3 Å². The van der Waals surface area contributed by atoms with Gasteiger partial charge in [-0.05, 0) is 18.2 Å². The molecule has 6 heteroatoms. The van der Waals surface area contributed by atoms with Crippen molar-refractivity contribution >= 4 is 23.5 Å². The van der Waals surface area contributed by atoms with Crippen LogP contribution in [0.3, 0.4) is 0 Å². The molecule has 2 heterocycles. The molecule has 0 spiro atoms. The van der Waals surface area contributed by atoms with Crippen LogP contribution in [0.5, 0.6) is 0 Å². The van der Waals surface area contributed by atoms with Gasteiger partial charge in [0.25, 0.3) is 5.91 Å². The molecule has 0 unspecified atom stereocenters. The van der Waals surface area contributed by atoms with Gasteiger partial charge < -0.3 is 10.2 Å². The number of nitrogens with one attached hydrogen (secondary N) is 1. The summed E-state index contributed by atoms with van der Waals surface area (Å²) in [5.41, 5.74) is 0.310. The number of carbonyl (C=O) groups is 1. The summed E-state index contributed by atoms with van der Waals surface area (Å²) >= 11 is 1.85. The molecule has 4 nitrogen and oxygen atoms in total. The average Bonchev–Trinajstić information content (AvgIpc) is 2.66. The molecule has 1 aromatic rings. The highest BCUT2D eigenvalue weighted by atomic mass is 32.2. The van der Waals surface area contributed by atoms with E-state index in [2.05, 4.69) is 10.3 Å². The highest BCUT2D eigenvalue weighted by molar-refractivity contribution is 7.99. The Morgan fingerprint density at radius 1 is 1.50 bits per heavy atom. The number of carbonyl (C=O) groups excluding carboxylic acids is 1. The van der Waals surface area contributed by atoms with Crippen molar-refractivity contribution in [2.45, 2.75) is 6.42 Å². The van der Waals surface area contributed by atoms with Crippen molar-refractivity contribution < 1.29 is 9.18 Å². The molecule has 1 N–H and O–H groups in total. The van der Waals surface area contributed by atoms with Crippen LogP contribution in [0.1, 0.15) is 16.8 Å². The van der Waals surface area contributed by atoms with Crippen LogP contribution in [0.2, 0.25) is 0 Å². The van der Waals surface area contributed by atoms with Crippen molar-refractivity contribution in [1.29, 1.82) is 0 Å². The fourth-order valence-electron chi connectivity index (χ4n) is 1.92. The van der Waals surface area contributed by atoms with Crippen molar-refractivity contribution in [3.05, 3.63) is 23.6 Å². The molecular weight excluding hydrogens is 253 g/mol. The lowest BCUT2D eigenvalue weighted by Gasteiger charge is -2.21. The third-order valence-corrected chi connectivity index (χ3v) is 3.88. The number of hydrogen-bond acceptors (Lipinski definition) is 4. The number of hydrogen-bond donors (Lipinski definition) is 1. The molecule has 0 radical (unpaired) electrons. The molecule has 1 aliphatic heterocycles. The molecule has 2 rings (SSSR count). The van der Waals surface area contributed by atoms with Crippen molar-refractivity contribution in [2.24, 2.45) is 0 Å². The maximum atomic E-state index is 13.2. The smallest absolute Gasteiger partial charge is 0.257 e. The Kier molecular flexibility index (Phi) is 4.41. The predicted octanol–water partition coefficient (Wildman–Crippen LogP) is 1.84. The number of thioether (sulfide) groups is 1. The van der Waals surface area contributed by atoms with E-state index in [1.165, 1.54) is 6.07 Å². The molecule has 0 aromatic carbocycles. The third-order valence-electron chi connectivity index (χ3n) is 2.83. The molecule has 1 amide bonds. The number of amides is 1. The molecule has 0 bridgehead atoms. The summed E-state index contributed by atoms with van der Waals surface area (Å²) in [6.45, 7) is 1.44. The number of pyridine rings is 1. The lowest BCUT2D eigenvalue weighted by molar-refractivity contribution is 0.0768. The van der Waals surface area contributed by atoms with E-state index < -0.39 is 5.82 Å². The van der Waals surface area contributed by atoms with Gasteiger partial charge in [-0.15, -0.1) is 0 Å². The Hall–Kier alpha value is -1.30. The molecule has 18 heavy (non-hydrogen) atoms. The van der Waals surface area contributed by atoms with E-state index in [9.17, 15) is 9.18 Å². The van der Waals surface area contributed by atoms with Gasteiger partial charge >= 0.3 is 0 Å². The van der Waals surface area contributed by atoms with Crippen molar-refractivity contribution in [2.75, 3.05) is 37.0 Å². The van der Waals surface area contributed by atoms with E-state index in [-0.39, 0.29) is 5.91 Å². The lowest BCUT2D eigenvalue weighted by atomic mass is 10.2. The van der Waals surface area contributed by atoms with E-state index in [1.54, 1.807) is 11.9 Å². The SMILES string of the molecule is CNc1ncc(F)cc1C(=O)N1CCCSCC1. The summed E-state index contributed by atoms with van der Waals surface area (Å²) in [4.78, 5) is 18.0. The molecule has 0 saturated carbocycles. The van der Waals surface area contributed by atoms with Gasteiger partial charge in [0.15, 0.2) is 0 Å². The average molecular weight is 269 g/mol. The normalized spacial score (nSPS) is 16.2. The van der Waals surface area contributed by atoms with E-state index in [1.807, 2.05) is 11.8 Å². The molecule has 1 saturated heterocycles. The highest BCUT2D eigenvalue weighted by Gasteiger charge is 2.21. The first-order valence-corrected chi connectivity index (χ1v) is 7.08. The number of anilines is 1. The zero-order valence-electron chi connectivity index (χ0n) is 10.3. The van der Waals surface area contributed by atoms with E-state index in [0.717, 1.165) is 30.7 Å². The molecule has 0 aliphatic carbocycles. The van der Waals surface area contributed by atoms with Crippen LogP contribution in [0.25, 0.3) is 0 Å². The monoisotopic (exact) mass is 269 g/mol. The fraction of sp³-hybridized carbons (Fsp3) is 0.500. The van der Waals surface area contributed by atoms with Crippen LogP contribution in [-0.4, -0.2) is 47.4 Å². The molecule has 98 valence electrons. The minimum absolute atomic E-state index is 0.145. The largest absolute Gasteiger partial charge is 0.372 e. The van der Waals surface area contributed by atoms with Gasteiger partial charge in [-0.25, -0.2) is 9.37 Å². The summed E-state index contributed by atoms with van der Waals surface area (Å²) < 4.78 is 13.2. The Balaban J connectivity index is 2.23. The van der Waals surface area contributed by atoms with Gasteiger partial charge in [0.05, 0.1) is 11.8 Å². The number of halogens is 1. The second-order valence-electron chi connectivity index (χ2n) is 4.06. The van der Waals surface area contributed by atoms with Gasteiger partial charge in [-0.2, -0.15) is 11.8 Å². The summed E-state index contributed by atoms with van der Waals surface area (Å²) in [5.74, 6) is 1.81. The Labute approximate surface area is 110 Å². The Bertz CT molecular complexity index is 433. The molecule has 0 atom stereocenters. The third kappa shape index (κ3) is 2.93. The lowest BCUT2D eigenvalue weighted by Crippen LogP contribution is -2.33. The topological polar surface area (TPSA) is 45.2 Å². The van der Waals surface area contributed by atoms with Gasteiger partial charge in [0, 0.05) is 25.9 Å². The highest BCUT2D eigenvalue weighted by Crippen LogP contribution is 2.18. The first-order chi connectivity index (χ1) is 8.72. The van der Waals surface area contributed by atoms with Crippen LogP contribution < -0.4 is 5.32 Å². The summed E-state index contributed by atoms with van der Waals surface area (Å²) in [6.07, 6.45) is 2.09. The van der Waals surface area contributed by atoms with Gasteiger partial charge in [0.2, 0.25) is 0 Å². The van der Waals surface area contributed by atoms with Crippen molar-refractivity contribution in [3.63, 3.8) is 0 Å². The van der Waals surface area contributed by atoms with E-state index >= 15 is 0 Å². The summed E-state index contributed by atoms with van der Waals surface area (Å²) in [5, 5.41) is 2.83. The maximum Gasteiger partial charge on any atom is 0.257 e. The van der Waals surface area contributed by atoms with Gasteiger partial charge in [-0.1, -0.05) is 0 Å². The second kappa shape index (κ2) is 6.04. The van der Waals surface area contributed by atoms with Gasteiger partial charge in [-0.3, -0.25) is 4.79 Å². The maximum absolute atomic E-state index is 13.2. The van der Waals surface area contributed by atoms with E-state index in [4.69, 9.17) is 0 Å². The molecular formula is C12H16FN3OS. The molecule has 1 fully saturated rings. The van der Waals surface area contributed by atoms with Crippen LogP contribution in [0, 0.1) is 5.82 Å². The first kappa shape index (κ1) is 13.1. The predicted molar refractivity (Wildman–Crippen MR) is 71.6 cm³/mol. The standard InChI is InChI=1S/C12H16FN3OS/c1-14-11-10(7-9(13)8-15-11)12(17)16-3-2-5-18-6-4-16/h7-8H,2-6H2,1H3,(H,14,15). The van der Waals surface area contributed by atoms with E-state index in [0.29, 0.717) is 17.9 Å². The fourth-order valence-corrected chi connectivity index (χ4v) is 2.81. The summed E-state index contributed by atoms with van der Waals surface area (Å²) in [7, 11) is 1.68. The minimum atomic E-state index is -0.485. The number of nitrogens with zero attached hydrogens (tertiary/aromatic N) is 2.